The first-order chi connectivity index (χ1) is 12.5. The summed E-state index contributed by atoms with van der Waals surface area (Å²) in [6, 6.07) is 11.2. The third-order valence-corrected chi connectivity index (χ3v) is 4.34. The van der Waals surface area contributed by atoms with Gasteiger partial charge in [0.05, 0.1) is 29.1 Å². The molecule has 0 atom stereocenters. The van der Waals surface area contributed by atoms with E-state index in [4.69, 9.17) is 16.9 Å². The number of nitrogens with zero attached hydrogens (tertiary/aromatic N) is 3. The van der Waals surface area contributed by atoms with Gasteiger partial charge in [-0.3, -0.25) is 9.69 Å². The van der Waals surface area contributed by atoms with Crippen LogP contribution >= 0.6 is 11.6 Å². The Labute approximate surface area is 154 Å². The Bertz CT molecular complexity index is 1060. The summed E-state index contributed by atoms with van der Waals surface area (Å²) in [5.41, 5.74) is 1.11. The van der Waals surface area contributed by atoms with E-state index in [1.807, 2.05) is 17.9 Å². The molecule has 0 unspecified atom stereocenters. The number of H-pyrrole nitrogens is 1. The molecule has 26 heavy (non-hydrogen) atoms. The molecular weight excluding hydrogens is 355 g/mol. The molecule has 1 N–H and O–H groups in total. The minimum Gasteiger partial charge on any atom is -0.309 e. The van der Waals surface area contributed by atoms with E-state index in [-0.39, 0.29) is 11.4 Å². The molecule has 3 rings (SSSR count). The highest BCUT2D eigenvalue weighted by molar-refractivity contribution is 6.31. The summed E-state index contributed by atoms with van der Waals surface area (Å²) in [4.78, 5) is 21.4. The molecule has 0 radical (unpaired) electrons. The second kappa shape index (κ2) is 7.65. The minimum absolute atomic E-state index is 0.240. The van der Waals surface area contributed by atoms with Crippen LogP contribution in [0.4, 0.5) is 4.39 Å². The summed E-state index contributed by atoms with van der Waals surface area (Å²) < 4.78 is 14.0. The van der Waals surface area contributed by atoms with Gasteiger partial charge in [0.2, 0.25) is 0 Å². The minimum atomic E-state index is -0.366. The zero-order chi connectivity index (χ0) is 18.7. The lowest BCUT2D eigenvalue weighted by Gasteiger charge is -2.20. The lowest BCUT2D eigenvalue weighted by molar-refractivity contribution is 0.260. The van der Waals surface area contributed by atoms with Gasteiger partial charge in [-0.15, -0.1) is 0 Å². The monoisotopic (exact) mass is 370 g/mol. The van der Waals surface area contributed by atoms with Crippen molar-refractivity contribution in [3.63, 3.8) is 0 Å². The molecule has 0 spiro atoms. The maximum absolute atomic E-state index is 14.0. The highest BCUT2D eigenvalue weighted by Crippen LogP contribution is 2.16. The number of benzene rings is 2. The van der Waals surface area contributed by atoms with Gasteiger partial charge in [-0.2, -0.15) is 5.26 Å². The van der Waals surface area contributed by atoms with Crippen LogP contribution in [0.2, 0.25) is 5.02 Å². The number of nitrogens with one attached hydrogen (secondary N) is 1. The summed E-state index contributed by atoms with van der Waals surface area (Å²) in [6.45, 7) is 3.19. The highest BCUT2D eigenvalue weighted by atomic mass is 35.5. The zero-order valence-corrected chi connectivity index (χ0v) is 14.8. The maximum Gasteiger partial charge on any atom is 0.258 e. The van der Waals surface area contributed by atoms with Crippen molar-refractivity contribution in [2.24, 2.45) is 0 Å². The zero-order valence-electron chi connectivity index (χ0n) is 14.1. The molecule has 132 valence electrons. The maximum atomic E-state index is 14.0. The van der Waals surface area contributed by atoms with E-state index in [1.165, 1.54) is 18.2 Å². The summed E-state index contributed by atoms with van der Waals surface area (Å²) in [5, 5.41) is 9.96. The standard InChI is InChI=1S/C19H16ClFN4O/c1-2-25(10-13-7-12(9-22)3-6-16(13)21)11-18-23-17-8-14(20)4-5-15(17)19(26)24-18/h3-8H,2,10-11H2,1H3,(H,23,24,26). The van der Waals surface area contributed by atoms with Gasteiger partial charge < -0.3 is 4.98 Å². The molecule has 0 saturated heterocycles. The van der Waals surface area contributed by atoms with Crippen molar-refractivity contribution in [3.8, 4) is 6.07 Å². The number of hydrogen-bond acceptors (Lipinski definition) is 4. The Hall–Kier alpha value is -2.75. The number of nitriles is 1. The van der Waals surface area contributed by atoms with Gasteiger partial charge >= 0.3 is 0 Å². The Kier molecular flexibility index (Phi) is 5.31. The molecule has 0 saturated carbocycles. The molecule has 3 aromatic rings. The molecule has 1 aromatic heterocycles. The predicted molar refractivity (Wildman–Crippen MR) is 98.3 cm³/mol. The second-order valence-corrected chi connectivity index (χ2v) is 6.33. The first kappa shape index (κ1) is 18.1. The van der Waals surface area contributed by atoms with Crippen molar-refractivity contribution < 1.29 is 4.39 Å². The number of halogens is 2. The number of rotatable bonds is 5. The largest absolute Gasteiger partial charge is 0.309 e. The van der Waals surface area contributed by atoms with E-state index in [9.17, 15) is 9.18 Å². The normalized spacial score (nSPS) is 11.0. The van der Waals surface area contributed by atoms with Crippen LogP contribution in [0.3, 0.4) is 0 Å². The van der Waals surface area contributed by atoms with Gasteiger partial charge in [0.1, 0.15) is 11.6 Å². The first-order valence-corrected chi connectivity index (χ1v) is 8.47. The SMILES string of the molecule is CCN(Cc1nc2cc(Cl)ccc2c(=O)[nH]1)Cc1cc(C#N)ccc1F. The van der Waals surface area contributed by atoms with E-state index in [0.29, 0.717) is 52.5 Å². The van der Waals surface area contributed by atoms with Gasteiger partial charge in [0, 0.05) is 17.1 Å². The number of aromatic amines is 1. The van der Waals surface area contributed by atoms with Crippen LogP contribution in [0, 0.1) is 17.1 Å². The van der Waals surface area contributed by atoms with Crippen molar-refractivity contribution in [2.75, 3.05) is 6.54 Å². The third kappa shape index (κ3) is 3.90. The second-order valence-electron chi connectivity index (χ2n) is 5.90. The molecular formula is C19H16ClFN4O. The van der Waals surface area contributed by atoms with Crippen LogP contribution in [0.15, 0.2) is 41.2 Å². The first-order valence-electron chi connectivity index (χ1n) is 8.09. The number of fused-ring (bicyclic) bond motifs is 1. The molecule has 0 aliphatic rings. The van der Waals surface area contributed by atoms with Gasteiger partial charge in [0.15, 0.2) is 0 Å². The van der Waals surface area contributed by atoms with Crippen LogP contribution < -0.4 is 5.56 Å². The van der Waals surface area contributed by atoms with E-state index < -0.39 is 0 Å². The van der Waals surface area contributed by atoms with Crippen LogP contribution in [0.5, 0.6) is 0 Å². The lowest BCUT2D eigenvalue weighted by Crippen LogP contribution is -2.26. The van der Waals surface area contributed by atoms with Gasteiger partial charge in [-0.25, -0.2) is 9.37 Å². The van der Waals surface area contributed by atoms with Crippen LogP contribution in [-0.2, 0) is 13.1 Å². The number of hydrogen-bond donors (Lipinski definition) is 1. The molecule has 0 bridgehead atoms. The highest BCUT2D eigenvalue weighted by Gasteiger charge is 2.12. The van der Waals surface area contributed by atoms with Crippen LogP contribution in [-0.4, -0.2) is 21.4 Å². The van der Waals surface area contributed by atoms with Crippen molar-refractivity contribution >= 4 is 22.5 Å². The molecule has 0 amide bonds. The Morgan fingerprint density at radius 2 is 2.08 bits per heavy atom. The summed E-state index contributed by atoms with van der Waals surface area (Å²) in [7, 11) is 0. The topological polar surface area (TPSA) is 72.8 Å². The van der Waals surface area contributed by atoms with Crippen LogP contribution in [0.25, 0.3) is 10.9 Å². The Morgan fingerprint density at radius 1 is 1.27 bits per heavy atom. The smallest absolute Gasteiger partial charge is 0.258 e. The van der Waals surface area contributed by atoms with E-state index in [1.54, 1.807) is 18.2 Å². The summed E-state index contributed by atoms with van der Waals surface area (Å²) >= 11 is 5.98. The molecule has 0 aliphatic heterocycles. The fraction of sp³-hybridized carbons (Fsp3) is 0.211. The average molecular weight is 371 g/mol. The quantitative estimate of drug-likeness (QED) is 0.744. The van der Waals surface area contributed by atoms with E-state index in [2.05, 4.69) is 9.97 Å². The average Bonchev–Trinajstić information content (AvgIpc) is 2.62. The van der Waals surface area contributed by atoms with Crippen molar-refractivity contribution in [2.45, 2.75) is 20.0 Å². The molecule has 0 fully saturated rings. The Balaban J connectivity index is 1.88. The predicted octanol–water partition coefficient (Wildman–Crippen LogP) is 3.61. The molecule has 5 nitrogen and oxygen atoms in total. The Morgan fingerprint density at radius 3 is 2.81 bits per heavy atom. The fourth-order valence-corrected chi connectivity index (χ4v) is 2.90. The molecule has 7 heteroatoms. The molecule has 2 aromatic carbocycles. The van der Waals surface area contributed by atoms with Crippen LogP contribution in [0.1, 0.15) is 23.9 Å². The molecule has 0 aliphatic carbocycles. The lowest BCUT2D eigenvalue weighted by atomic mass is 10.1. The van der Waals surface area contributed by atoms with Gasteiger partial charge in [-0.05, 0) is 42.9 Å². The summed E-state index contributed by atoms with van der Waals surface area (Å²) in [5.74, 6) is 0.109. The third-order valence-electron chi connectivity index (χ3n) is 4.11. The van der Waals surface area contributed by atoms with E-state index >= 15 is 0 Å². The van der Waals surface area contributed by atoms with Crippen molar-refractivity contribution in [3.05, 3.63) is 74.5 Å². The van der Waals surface area contributed by atoms with E-state index in [0.717, 1.165) is 0 Å². The molecule has 1 heterocycles. The number of aromatic nitrogens is 2. The van der Waals surface area contributed by atoms with Crippen molar-refractivity contribution in [1.82, 2.24) is 14.9 Å². The van der Waals surface area contributed by atoms with Gasteiger partial charge in [-0.1, -0.05) is 18.5 Å². The fourth-order valence-electron chi connectivity index (χ4n) is 2.73. The summed E-state index contributed by atoms with van der Waals surface area (Å²) in [6.07, 6.45) is 0. The van der Waals surface area contributed by atoms with Crippen molar-refractivity contribution in [1.29, 1.82) is 5.26 Å². The van der Waals surface area contributed by atoms with Gasteiger partial charge in [0.25, 0.3) is 5.56 Å².